The lowest BCUT2D eigenvalue weighted by Crippen LogP contribution is -2.20. The zero-order chi connectivity index (χ0) is 15.9. The molecule has 0 aliphatic rings. The van der Waals surface area contributed by atoms with Crippen LogP contribution in [-0.4, -0.2) is 29.7 Å². The Bertz CT molecular complexity index is 613. The number of amides is 1. The van der Waals surface area contributed by atoms with Gasteiger partial charge in [-0.3, -0.25) is 4.79 Å². The first-order chi connectivity index (χ1) is 10.6. The van der Waals surface area contributed by atoms with Crippen LogP contribution in [0.2, 0.25) is 5.02 Å². The van der Waals surface area contributed by atoms with E-state index in [0.29, 0.717) is 16.4 Å². The molecule has 0 atom stereocenters. The molecule has 1 aromatic carbocycles. The van der Waals surface area contributed by atoms with E-state index in [0.717, 1.165) is 25.2 Å². The van der Waals surface area contributed by atoms with Gasteiger partial charge in [0, 0.05) is 24.2 Å². The van der Waals surface area contributed by atoms with Crippen LogP contribution in [0, 0.1) is 0 Å². The number of nitrogens with one attached hydrogen (secondary N) is 1. The molecule has 0 radical (unpaired) electrons. The van der Waals surface area contributed by atoms with Crippen LogP contribution in [0.15, 0.2) is 36.4 Å². The molecule has 0 saturated heterocycles. The van der Waals surface area contributed by atoms with Crippen LogP contribution in [0.3, 0.4) is 0 Å². The average molecular weight is 319 g/mol. The van der Waals surface area contributed by atoms with Crippen molar-refractivity contribution in [3.8, 4) is 0 Å². The molecule has 6 heteroatoms. The molecule has 0 aliphatic heterocycles. The zero-order valence-electron chi connectivity index (χ0n) is 12.7. The van der Waals surface area contributed by atoms with Crippen molar-refractivity contribution in [1.29, 1.82) is 0 Å². The quantitative estimate of drug-likeness (QED) is 0.883. The summed E-state index contributed by atoms with van der Waals surface area (Å²) in [5.41, 5.74) is 0.523. The monoisotopic (exact) mass is 318 g/mol. The van der Waals surface area contributed by atoms with Crippen LogP contribution in [0.5, 0.6) is 0 Å². The fourth-order valence-corrected chi connectivity index (χ4v) is 2.02. The summed E-state index contributed by atoms with van der Waals surface area (Å²) in [6, 6.07) is 10.3. The van der Waals surface area contributed by atoms with Gasteiger partial charge in [-0.15, -0.1) is 10.2 Å². The SMILES string of the molecule is CCCCN(C)c1ccc(NC(=O)c2ccc(Cl)cc2)nn1. The van der Waals surface area contributed by atoms with Gasteiger partial charge < -0.3 is 10.2 Å². The van der Waals surface area contributed by atoms with E-state index in [9.17, 15) is 4.79 Å². The number of anilines is 2. The van der Waals surface area contributed by atoms with Crippen LogP contribution >= 0.6 is 11.6 Å². The molecule has 0 unspecified atom stereocenters. The Labute approximate surface area is 135 Å². The maximum Gasteiger partial charge on any atom is 0.256 e. The number of carbonyl (C=O) groups excluding carboxylic acids is 1. The number of rotatable bonds is 6. The summed E-state index contributed by atoms with van der Waals surface area (Å²) in [5.74, 6) is 0.976. The minimum Gasteiger partial charge on any atom is -0.358 e. The van der Waals surface area contributed by atoms with Crippen molar-refractivity contribution >= 4 is 29.1 Å². The van der Waals surface area contributed by atoms with Crippen molar-refractivity contribution in [1.82, 2.24) is 10.2 Å². The van der Waals surface area contributed by atoms with Gasteiger partial charge in [0.15, 0.2) is 11.6 Å². The van der Waals surface area contributed by atoms with E-state index in [2.05, 4.69) is 22.4 Å². The molecular weight excluding hydrogens is 300 g/mol. The highest BCUT2D eigenvalue weighted by atomic mass is 35.5. The highest BCUT2D eigenvalue weighted by Gasteiger charge is 2.08. The molecule has 116 valence electrons. The number of halogens is 1. The van der Waals surface area contributed by atoms with Crippen LogP contribution in [0.1, 0.15) is 30.1 Å². The topological polar surface area (TPSA) is 58.1 Å². The summed E-state index contributed by atoms with van der Waals surface area (Å²) in [5, 5.41) is 11.5. The Hall–Kier alpha value is -2.14. The highest BCUT2D eigenvalue weighted by Crippen LogP contribution is 2.13. The van der Waals surface area contributed by atoms with E-state index in [1.54, 1.807) is 30.3 Å². The Morgan fingerprint density at radius 3 is 2.50 bits per heavy atom. The van der Waals surface area contributed by atoms with Gasteiger partial charge in [0.1, 0.15) is 0 Å². The predicted molar refractivity (Wildman–Crippen MR) is 89.6 cm³/mol. The first-order valence-electron chi connectivity index (χ1n) is 7.22. The molecule has 5 nitrogen and oxygen atoms in total. The van der Waals surface area contributed by atoms with Gasteiger partial charge >= 0.3 is 0 Å². The third-order valence-electron chi connectivity index (χ3n) is 3.24. The number of nitrogens with zero attached hydrogens (tertiary/aromatic N) is 3. The van der Waals surface area contributed by atoms with E-state index < -0.39 is 0 Å². The lowest BCUT2D eigenvalue weighted by atomic mass is 10.2. The molecule has 1 heterocycles. The van der Waals surface area contributed by atoms with Gasteiger partial charge in [-0.05, 0) is 42.8 Å². The van der Waals surface area contributed by atoms with Gasteiger partial charge in [-0.2, -0.15) is 0 Å². The van der Waals surface area contributed by atoms with E-state index in [4.69, 9.17) is 11.6 Å². The largest absolute Gasteiger partial charge is 0.358 e. The lowest BCUT2D eigenvalue weighted by molar-refractivity contribution is 0.102. The third-order valence-corrected chi connectivity index (χ3v) is 3.49. The molecule has 2 aromatic rings. The van der Waals surface area contributed by atoms with E-state index in [1.807, 2.05) is 18.0 Å². The smallest absolute Gasteiger partial charge is 0.256 e. The van der Waals surface area contributed by atoms with Crippen LogP contribution < -0.4 is 10.2 Å². The van der Waals surface area contributed by atoms with Gasteiger partial charge in [0.25, 0.3) is 5.91 Å². The Morgan fingerprint density at radius 1 is 1.18 bits per heavy atom. The molecule has 0 bridgehead atoms. The number of carbonyl (C=O) groups is 1. The number of hydrogen-bond donors (Lipinski definition) is 1. The minimum absolute atomic E-state index is 0.238. The number of aromatic nitrogens is 2. The zero-order valence-corrected chi connectivity index (χ0v) is 13.5. The fourth-order valence-electron chi connectivity index (χ4n) is 1.90. The average Bonchev–Trinajstić information content (AvgIpc) is 2.54. The molecule has 22 heavy (non-hydrogen) atoms. The maximum atomic E-state index is 12.1. The van der Waals surface area contributed by atoms with Crippen molar-refractivity contribution in [2.24, 2.45) is 0 Å². The van der Waals surface area contributed by atoms with Crippen molar-refractivity contribution in [3.05, 3.63) is 47.0 Å². The summed E-state index contributed by atoms with van der Waals surface area (Å²) < 4.78 is 0. The van der Waals surface area contributed by atoms with Crippen molar-refractivity contribution in [3.63, 3.8) is 0 Å². The summed E-state index contributed by atoms with van der Waals surface area (Å²) in [4.78, 5) is 14.1. The molecule has 1 amide bonds. The van der Waals surface area contributed by atoms with Crippen molar-refractivity contribution < 1.29 is 4.79 Å². The summed E-state index contributed by atoms with van der Waals surface area (Å²) >= 11 is 5.80. The summed E-state index contributed by atoms with van der Waals surface area (Å²) in [7, 11) is 1.98. The Kier molecular flexibility index (Phi) is 5.72. The molecule has 0 aliphatic carbocycles. The number of unbranched alkanes of at least 4 members (excludes halogenated alkanes) is 1. The Balaban J connectivity index is 1.98. The van der Waals surface area contributed by atoms with Crippen LogP contribution in [0.25, 0.3) is 0 Å². The molecule has 0 fully saturated rings. The van der Waals surface area contributed by atoms with E-state index in [1.165, 1.54) is 0 Å². The third kappa shape index (κ3) is 4.43. The van der Waals surface area contributed by atoms with Crippen LogP contribution in [0.4, 0.5) is 11.6 Å². The second-order valence-electron chi connectivity index (χ2n) is 5.01. The minimum atomic E-state index is -0.238. The molecule has 0 spiro atoms. The molecular formula is C16H19ClN4O. The Morgan fingerprint density at radius 2 is 1.91 bits per heavy atom. The fraction of sp³-hybridized carbons (Fsp3) is 0.312. The van der Waals surface area contributed by atoms with E-state index >= 15 is 0 Å². The first-order valence-corrected chi connectivity index (χ1v) is 7.59. The number of hydrogen-bond acceptors (Lipinski definition) is 4. The maximum absolute atomic E-state index is 12.1. The second kappa shape index (κ2) is 7.75. The molecule has 2 rings (SSSR count). The normalized spacial score (nSPS) is 10.3. The predicted octanol–water partition coefficient (Wildman–Crippen LogP) is 3.62. The van der Waals surface area contributed by atoms with Gasteiger partial charge in [-0.25, -0.2) is 0 Å². The molecule has 1 aromatic heterocycles. The summed E-state index contributed by atoms with van der Waals surface area (Å²) in [6.07, 6.45) is 2.24. The van der Waals surface area contributed by atoms with Crippen LogP contribution in [-0.2, 0) is 0 Å². The lowest BCUT2D eigenvalue weighted by Gasteiger charge is -2.16. The van der Waals surface area contributed by atoms with Crippen molar-refractivity contribution in [2.45, 2.75) is 19.8 Å². The summed E-state index contributed by atoms with van der Waals surface area (Å²) in [6.45, 7) is 3.08. The molecule has 0 saturated carbocycles. The molecule has 1 N–H and O–H groups in total. The highest BCUT2D eigenvalue weighted by molar-refractivity contribution is 6.30. The van der Waals surface area contributed by atoms with E-state index in [-0.39, 0.29) is 5.91 Å². The van der Waals surface area contributed by atoms with Crippen molar-refractivity contribution in [2.75, 3.05) is 23.8 Å². The van der Waals surface area contributed by atoms with Gasteiger partial charge in [-0.1, -0.05) is 24.9 Å². The standard InChI is InChI=1S/C16H19ClN4O/c1-3-4-11-21(2)15-10-9-14(19-20-15)18-16(22)12-5-7-13(17)8-6-12/h5-10H,3-4,11H2,1-2H3,(H,18,19,22). The first kappa shape index (κ1) is 16.2. The number of benzene rings is 1. The van der Waals surface area contributed by atoms with Gasteiger partial charge in [0.05, 0.1) is 0 Å². The van der Waals surface area contributed by atoms with Gasteiger partial charge in [0.2, 0.25) is 0 Å². The second-order valence-corrected chi connectivity index (χ2v) is 5.45.